The highest BCUT2D eigenvalue weighted by molar-refractivity contribution is 7.89. The molecular formula is C38H51FN2O7S. The Labute approximate surface area is 290 Å². The molecule has 0 bridgehead atoms. The maximum absolute atomic E-state index is 14.8. The molecule has 0 aliphatic carbocycles. The average Bonchev–Trinajstić information content (AvgIpc) is 3.31. The van der Waals surface area contributed by atoms with Crippen molar-refractivity contribution in [1.82, 2.24) is 8.87 Å². The summed E-state index contributed by atoms with van der Waals surface area (Å²) in [4.78, 5) is 13.0. The third-order valence-corrected chi connectivity index (χ3v) is 10.7. The quantitative estimate of drug-likeness (QED) is 0.207. The first kappa shape index (κ1) is 37.2. The minimum atomic E-state index is -4.03. The number of hydrogen-bond acceptors (Lipinski definition) is 7. The maximum Gasteiger partial charge on any atom is 0.308 e. The van der Waals surface area contributed by atoms with Crippen LogP contribution in [0, 0.1) is 5.82 Å². The zero-order valence-electron chi connectivity index (χ0n) is 29.8. The molecule has 0 saturated carbocycles. The molecule has 0 unspecified atom stereocenters. The zero-order valence-corrected chi connectivity index (χ0v) is 30.6. The van der Waals surface area contributed by atoms with Crippen molar-refractivity contribution in [2.24, 2.45) is 0 Å². The van der Waals surface area contributed by atoms with Gasteiger partial charge in [0.25, 0.3) is 0 Å². The second kappa shape index (κ2) is 15.0. The Kier molecular flexibility index (Phi) is 11.4. The van der Waals surface area contributed by atoms with Crippen LogP contribution in [0.4, 0.5) is 4.39 Å². The number of rotatable bonds is 10. The number of carbonyl (C=O) groups excluding carboxylic acids is 1. The Bertz CT molecular complexity index is 1690. The number of morpholine rings is 1. The van der Waals surface area contributed by atoms with Gasteiger partial charge in [-0.1, -0.05) is 44.2 Å². The van der Waals surface area contributed by atoms with Gasteiger partial charge in [0.1, 0.15) is 16.3 Å². The van der Waals surface area contributed by atoms with Crippen molar-refractivity contribution in [2.75, 3.05) is 32.9 Å². The van der Waals surface area contributed by atoms with E-state index in [0.717, 1.165) is 11.3 Å². The van der Waals surface area contributed by atoms with E-state index in [9.17, 15) is 17.6 Å². The fourth-order valence-corrected chi connectivity index (χ4v) is 8.61. The molecule has 0 amide bonds. The van der Waals surface area contributed by atoms with Crippen LogP contribution < -0.4 is 0 Å². The average molecular weight is 699 g/mol. The Morgan fingerprint density at radius 1 is 1.00 bits per heavy atom. The summed E-state index contributed by atoms with van der Waals surface area (Å²) in [5, 5.41) is 0. The van der Waals surface area contributed by atoms with Crippen molar-refractivity contribution in [3.8, 4) is 22.4 Å². The summed E-state index contributed by atoms with van der Waals surface area (Å²) in [6.45, 7) is 15.4. The number of hydrogen-bond donors (Lipinski definition) is 0. The van der Waals surface area contributed by atoms with E-state index in [1.807, 2.05) is 65.0 Å². The monoisotopic (exact) mass is 698 g/mol. The van der Waals surface area contributed by atoms with Crippen LogP contribution >= 0.6 is 0 Å². The van der Waals surface area contributed by atoms with Gasteiger partial charge in [-0.05, 0) is 82.3 Å². The second-order valence-electron chi connectivity index (χ2n) is 14.9. The number of carbonyl (C=O) groups is 1. The maximum atomic E-state index is 14.8. The second-order valence-corrected chi connectivity index (χ2v) is 16.8. The summed E-state index contributed by atoms with van der Waals surface area (Å²) in [6.07, 6.45) is 0.398. The minimum Gasteiger partial charge on any atom is -0.460 e. The van der Waals surface area contributed by atoms with E-state index in [1.54, 1.807) is 12.1 Å². The van der Waals surface area contributed by atoms with E-state index in [0.29, 0.717) is 56.0 Å². The van der Waals surface area contributed by atoms with Gasteiger partial charge in [0.05, 0.1) is 49.7 Å². The number of nitrogens with zero attached hydrogens (tertiary/aromatic N) is 2. The van der Waals surface area contributed by atoms with E-state index in [1.165, 1.54) is 16.4 Å². The van der Waals surface area contributed by atoms with Crippen molar-refractivity contribution in [2.45, 2.75) is 108 Å². The Morgan fingerprint density at radius 2 is 1.65 bits per heavy atom. The molecule has 2 fully saturated rings. The largest absolute Gasteiger partial charge is 0.460 e. The topological polar surface area (TPSA) is 96.3 Å². The molecule has 268 valence electrons. The molecule has 9 nitrogen and oxygen atoms in total. The third-order valence-electron chi connectivity index (χ3n) is 8.72. The lowest BCUT2D eigenvalue weighted by Crippen LogP contribution is -2.40. The van der Waals surface area contributed by atoms with Gasteiger partial charge < -0.3 is 23.5 Å². The summed E-state index contributed by atoms with van der Waals surface area (Å²) < 4.78 is 71.4. The van der Waals surface area contributed by atoms with Crippen LogP contribution in [0.1, 0.15) is 79.3 Å². The molecule has 2 saturated heterocycles. The fraction of sp³-hybridized carbons (Fsp3) is 0.553. The van der Waals surface area contributed by atoms with Crippen LogP contribution in [0.25, 0.3) is 22.4 Å². The zero-order chi connectivity index (χ0) is 35.6. The van der Waals surface area contributed by atoms with Gasteiger partial charge in [-0.3, -0.25) is 4.79 Å². The summed E-state index contributed by atoms with van der Waals surface area (Å²) in [5.41, 5.74) is 2.21. The van der Waals surface area contributed by atoms with Crippen molar-refractivity contribution in [1.29, 1.82) is 0 Å². The SMILES string of the molecule is CC(C)c1c(-c2ccccc2)c(S(=O)(=O)N2CCOCC2)c(-c2ccc(F)cc2)n1CC[C@@H]1C[C@H](CC(=O)OC(C)(C)C)OCC(C)(C)O1. The predicted molar refractivity (Wildman–Crippen MR) is 187 cm³/mol. The Hall–Kier alpha value is -3.09. The van der Waals surface area contributed by atoms with Crippen LogP contribution in [0.2, 0.25) is 0 Å². The third kappa shape index (κ3) is 8.99. The van der Waals surface area contributed by atoms with Gasteiger partial charge in [-0.25, -0.2) is 12.8 Å². The lowest BCUT2D eigenvalue weighted by Gasteiger charge is -2.28. The molecule has 0 N–H and O–H groups in total. The van der Waals surface area contributed by atoms with Crippen LogP contribution in [0.3, 0.4) is 0 Å². The van der Waals surface area contributed by atoms with Gasteiger partial charge in [-0.2, -0.15) is 4.31 Å². The van der Waals surface area contributed by atoms with Crippen molar-refractivity contribution < 1.29 is 36.6 Å². The highest BCUT2D eigenvalue weighted by Crippen LogP contribution is 2.45. The highest BCUT2D eigenvalue weighted by atomic mass is 32.2. The van der Waals surface area contributed by atoms with Crippen molar-refractivity contribution >= 4 is 16.0 Å². The number of halogens is 1. The molecule has 0 radical (unpaired) electrons. The first-order chi connectivity index (χ1) is 23.1. The molecule has 2 aromatic carbocycles. The number of esters is 1. The normalized spacial score (nSPS) is 20.7. The summed E-state index contributed by atoms with van der Waals surface area (Å²) in [5.74, 6) is -0.803. The molecule has 11 heteroatoms. The van der Waals surface area contributed by atoms with Gasteiger partial charge in [-0.15, -0.1) is 0 Å². The fourth-order valence-electron chi connectivity index (χ4n) is 6.77. The summed E-state index contributed by atoms with van der Waals surface area (Å²) in [6, 6.07) is 15.6. The van der Waals surface area contributed by atoms with E-state index >= 15 is 0 Å². The molecule has 2 aliphatic heterocycles. The number of aromatic nitrogens is 1. The minimum absolute atomic E-state index is 0.0715. The smallest absolute Gasteiger partial charge is 0.308 e. The van der Waals surface area contributed by atoms with E-state index < -0.39 is 33.1 Å². The van der Waals surface area contributed by atoms with Gasteiger partial charge >= 0.3 is 5.97 Å². The number of ether oxygens (including phenoxy) is 4. The molecule has 3 heterocycles. The van der Waals surface area contributed by atoms with Gasteiger partial charge in [0.2, 0.25) is 10.0 Å². The van der Waals surface area contributed by atoms with Crippen molar-refractivity contribution in [3.05, 3.63) is 66.1 Å². The molecular weight excluding hydrogens is 647 g/mol. The number of benzene rings is 2. The molecule has 1 aromatic heterocycles. The lowest BCUT2D eigenvalue weighted by molar-refractivity contribution is -0.158. The Morgan fingerprint density at radius 3 is 2.27 bits per heavy atom. The molecule has 2 aliphatic rings. The molecule has 49 heavy (non-hydrogen) atoms. The van der Waals surface area contributed by atoms with Crippen molar-refractivity contribution in [3.63, 3.8) is 0 Å². The van der Waals surface area contributed by atoms with Crippen LogP contribution in [-0.2, 0) is 40.3 Å². The summed E-state index contributed by atoms with van der Waals surface area (Å²) in [7, 11) is -4.03. The van der Waals surface area contributed by atoms with Crippen LogP contribution in [-0.4, -0.2) is 79.6 Å². The first-order valence-corrected chi connectivity index (χ1v) is 18.7. The van der Waals surface area contributed by atoms with E-state index in [-0.39, 0.29) is 42.4 Å². The molecule has 5 rings (SSSR count). The highest BCUT2D eigenvalue weighted by Gasteiger charge is 2.39. The Balaban J connectivity index is 1.63. The molecule has 0 spiro atoms. The molecule has 3 aromatic rings. The summed E-state index contributed by atoms with van der Waals surface area (Å²) >= 11 is 0. The lowest BCUT2D eigenvalue weighted by atomic mass is 9.99. The standard InChI is InChI=1S/C38H51FN2O7S/c1-26(2)34-33(27-11-9-8-10-12-27)36(49(43,44)40-19-21-45-22-20-40)35(28-13-15-29(39)16-14-28)41(34)18-17-30-23-31(46-25-38(6,7)47-30)24-32(42)48-37(3,4)5/h8-16,26,30-31H,17-25H2,1-7H3/t30-,31-/m1/s1. The first-order valence-electron chi connectivity index (χ1n) is 17.2. The molecule has 2 atom stereocenters. The van der Waals surface area contributed by atoms with Gasteiger partial charge in [0.15, 0.2) is 0 Å². The predicted octanol–water partition coefficient (Wildman–Crippen LogP) is 7.18. The van der Waals surface area contributed by atoms with Crippen LogP contribution in [0.15, 0.2) is 59.5 Å². The van der Waals surface area contributed by atoms with E-state index in [2.05, 4.69) is 18.4 Å². The number of sulfonamides is 1. The van der Waals surface area contributed by atoms with E-state index in [4.69, 9.17) is 18.9 Å². The van der Waals surface area contributed by atoms with Crippen LogP contribution in [0.5, 0.6) is 0 Å². The van der Waals surface area contributed by atoms with Gasteiger partial charge in [0, 0.05) is 37.3 Å².